The van der Waals surface area contributed by atoms with E-state index in [9.17, 15) is 0 Å². The van der Waals surface area contributed by atoms with Crippen LogP contribution in [-0.4, -0.2) is 14.6 Å². The average Bonchev–Trinajstić information content (AvgIpc) is 2.46. The predicted molar refractivity (Wildman–Crippen MR) is 45.7 cm³/mol. The van der Waals surface area contributed by atoms with Crippen molar-refractivity contribution in [1.82, 2.24) is 14.6 Å². The SMILES string of the molecule is C#Cc1cnc2ccc(C)nn12. The molecule has 2 heterocycles. The quantitative estimate of drug-likeness (QED) is 0.534. The fraction of sp³-hybridized carbons (Fsp3) is 0.111. The van der Waals surface area contributed by atoms with Gasteiger partial charge in [0.25, 0.3) is 0 Å². The van der Waals surface area contributed by atoms with Crippen molar-refractivity contribution in [2.45, 2.75) is 6.92 Å². The lowest BCUT2D eigenvalue weighted by molar-refractivity contribution is 0.890. The monoisotopic (exact) mass is 157 g/mol. The standard InChI is InChI=1S/C9H7N3/c1-3-8-6-10-9-5-4-7(2)11-12(8)9/h1,4-6H,2H3. The highest BCUT2D eigenvalue weighted by molar-refractivity contribution is 5.42. The molecule has 0 aliphatic rings. The summed E-state index contributed by atoms with van der Waals surface area (Å²) in [6.07, 6.45) is 6.90. The number of hydrogen-bond acceptors (Lipinski definition) is 2. The molecule has 0 aliphatic carbocycles. The zero-order valence-electron chi connectivity index (χ0n) is 6.65. The Labute approximate surface area is 70.1 Å². The molecule has 0 fully saturated rings. The fourth-order valence-corrected chi connectivity index (χ4v) is 1.06. The molecule has 58 valence electrons. The van der Waals surface area contributed by atoms with Crippen LogP contribution in [0.15, 0.2) is 18.3 Å². The van der Waals surface area contributed by atoms with E-state index in [1.54, 1.807) is 10.7 Å². The van der Waals surface area contributed by atoms with Crippen LogP contribution in [0.2, 0.25) is 0 Å². The fourth-order valence-electron chi connectivity index (χ4n) is 1.06. The lowest BCUT2D eigenvalue weighted by Crippen LogP contribution is -1.95. The van der Waals surface area contributed by atoms with Crippen LogP contribution in [0.1, 0.15) is 11.4 Å². The van der Waals surface area contributed by atoms with Crippen molar-refractivity contribution in [3.63, 3.8) is 0 Å². The first kappa shape index (κ1) is 6.86. The second-order valence-corrected chi connectivity index (χ2v) is 2.53. The molecule has 0 saturated carbocycles. The summed E-state index contributed by atoms with van der Waals surface area (Å²) in [5, 5.41) is 4.22. The number of aryl methyl sites for hydroxylation is 1. The van der Waals surface area contributed by atoms with E-state index >= 15 is 0 Å². The van der Waals surface area contributed by atoms with Gasteiger partial charge >= 0.3 is 0 Å². The molecule has 0 radical (unpaired) electrons. The summed E-state index contributed by atoms with van der Waals surface area (Å²) in [4.78, 5) is 4.09. The molecular formula is C9H7N3. The van der Waals surface area contributed by atoms with E-state index in [0.29, 0.717) is 5.69 Å². The predicted octanol–water partition coefficient (Wildman–Crippen LogP) is 1.02. The van der Waals surface area contributed by atoms with Crippen molar-refractivity contribution >= 4 is 5.65 Å². The molecule has 0 saturated heterocycles. The highest BCUT2D eigenvalue weighted by Gasteiger charge is 1.99. The summed E-state index contributed by atoms with van der Waals surface area (Å²) in [5.41, 5.74) is 2.40. The van der Waals surface area contributed by atoms with Crippen LogP contribution in [-0.2, 0) is 0 Å². The van der Waals surface area contributed by atoms with Crippen molar-refractivity contribution in [3.05, 3.63) is 29.7 Å². The van der Waals surface area contributed by atoms with E-state index in [2.05, 4.69) is 16.0 Å². The first-order chi connectivity index (χ1) is 5.81. The molecule has 0 atom stereocenters. The summed E-state index contributed by atoms with van der Waals surface area (Å²) in [6.45, 7) is 1.92. The smallest absolute Gasteiger partial charge is 0.154 e. The Bertz CT molecular complexity index is 462. The van der Waals surface area contributed by atoms with Gasteiger partial charge in [-0.05, 0) is 25.0 Å². The number of nitrogens with zero attached hydrogens (tertiary/aromatic N) is 3. The first-order valence-corrected chi connectivity index (χ1v) is 3.59. The van der Waals surface area contributed by atoms with Gasteiger partial charge in [-0.2, -0.15) is 5.10 Å². The Balaban J connectivity index is 2.86. The maximum Gasteiger partial charge on any atom is 0.154 e. The van der Waals surface area contributed by atoms with Crippen LogP contribution in [0.3, 0.4) is 0 Å². The molecule has 12 heavy (non-hydrogen) atoms. The van der Waals surface area contributed by atoms with Gasteiger partial charge in [-0.3, -0.25) is 0 Å². The third-order valence-electron chi connectivity index (χ3n) is 1.64. The minimum absolute atomic E-state index is 0.689. The van der Waals surface area contributed by atoms with Crippen LogP contribution < -0.4 is 0 Å². The minimum atomic E-state index is 0.689. The number of hydrogen-bond donors (Lipinski definition) is 0. The lowest BCUT2D eigenvalue weighted by atomic mass is 10.4. The van der Waals surface area contributed by atoms with Crippen molar-refractivity contribution in [1.29, 1.82) is 0 Å². The van der Waals surface area contributed by atoms with Crippen LogP contribution in [0.4, 0.5) is 0 Å². The van der Waals surface area contributed by atoms with Gasteiger partial charge in [0.1, 0.15) is 5.69 Å². The summed E-state index contributed by atoms with van der Waals surface area (Å²) in [5.74, 6) is 2.52. The number of fused-ring (bicyclic) bond motifs is 1. The molecule has 0 bridgehead atoms. The molecule has 0 unspecified atom stereocenters. The first-order valence-electron chi connectivity index (χ1n) is 3.59. The third-order valence-corrected chi connectivity index (χ3v) is 1.64. The van der Waals surface area contributed by atoms with Crippen molar-refractivity contribution in [2.75, 3.05) is 0 Å². The van der Waals surface area contributed by atoms with Gasteiger partial charge in [-0.25, -0.2) is 9.50 Å². The molecule has 0 N–H and O–H groups in total. The Kier molecular flexibility index (Phi) is 1.34. The third kappa shape index (κ3) is 0.857. The minimum Gasteiger partial charge on any atom is -0.234 e. The zero-order chi connectivity index (χ0) is 8.55. The topological polar surface area (TPSA) is 30.2 Å². The maximum absolute atomic E-state index is 5.26. The highest BCUT2D eigenvalue weighted by atomic mass is 15.3. The summed E-state index contributed by atoms with van der Waals surface area (Å²) >= 11 is 0. The van der Waals surface area contributed by atoms with Gasteiger partial charge in [0.2, 0.25) is 0 Å². The summed E-state index contributed by atoms with van der Waals surface area (Å²) < 4.78 is 1.66. The molecule has 0 amide bonds. The van der Waals surface area contributed by atoms with E-state index in [4.69, 9.17) is 6.42 Å². The van der Waals surface area contributed by atoms with Gasteiger partial charge in [0, 0.05) is 0 Å². The van der Waals surface area contributed by atoms with E-state index in [1.165, 1.54) is 0 Å². The highest BCUT2D eigenvalue weighted by Crippen LogP contribution is 2.03. The Hall–Kier alpha value is -1.82. The molecule has 3 heteroatoms. The molecule has 2 aromatic heterocycles. The summed E-state index contributed by atoms with van der Waals surface area (Å²) in [7, 11) is 0. The van der Waals surface area contributed by atoms with E-state index in [0.717, 1.165) is 11.3 Å². The number of aromatic nitrogens is 3. The van der Waals surface area contributed by atoms with Crippen LogP contribution >= 0.6 is 0 Å². The Morgan fingerprint density at radius 2 is 2.33 bits per heavy atom. The second kappa shape index (κ2) is 2.35. The Morgan fingerprint density at radius 1 is 1.50 bits per heavy atom. The van der Waals surface area contributed by atoms with Gasteiger partial charge < -0.3 is 0 Å². The van der Waals surface area contributed by atoms with Crippen molar-refractivity contribution in [2.24, 2.45) is 0 Å². The molecule has 2 aromatic rings. The largest absolute Gasteiger partial charge is 0.234 e. The van der Waals surface area contributed by atoms with Gasteiger partial charge in [-0.1, -0.05) is 0 Å². The lowest BCUT2D eigenvalue weighted by Gasteiger charge is -1.94. The van der Waals surface area contributed by atoms with Gasteiger partial charge in [0.15, 0.2) is 5.65 Å². The van der Waals surface area contributed by atoms with E-state index in [-0.39, 0.29) is 0 Å². The maximum atomic E-state index is 5.26. The molecule has 0 aromatic carbocycles. The summed E-state index contributed by atoms with van der Waals surface area (Å²) in [6, 6.07) is 3.80. The average molecular weight is 157 g/mol. The molecule has 0 spiro atoms. The normalized spacial score (nSPS) is 10.0. The zero-order valence-corrected chi connectivity index (χ0v) is 6.65. The second-order valence-electron chi connectivity index (χ2n) is 2.53. The van der Waals surface area contributed by atoms with Crippen molar-refractivity contribution < 1.29 is 0 Å². The van der Waals surface area contributed by atoms with Crippen LogP contribution in [0.25, 0.3) is 5.65 Å². The van der Waals surface area contributed by atoms with Gasteiger partial charge in [-0.15, -0.1) is 6.42 Å². The van der Waals surface area contributed by atoms with Crippen LogP contribution in [0.5, 0.6) is 0 Å². The number of imidazole rings is 1. The van der Waals surface area contributed by atoms with Crippen LogP contribution in [0, 0.1) is 19.3 Å². The number of terminal acetylenes is 1. The van der Waals surface area contributed by atoms with E-state index in [1.807, 2.05) is 19.1 Å². The Morgan fingerprint density at radius 3 is 3.08 bits per heavy atom. The van der Waals surface area contributed by atoms with E-state index < -0.39 is 0 Å². The molecular weight excluding hydrogens is 150 g/mol. The number of rotatable bonds is 0. The van der Waals surface area contributed by atoms with Crippen molar-refractivity contribution in [3.8, 4) is 12.3 Å². The molecule has 0 aliphatic heterocycles. The van der Waals surface area contributed by atoms with Gasteiger partial charge in [0.05, 0.1) is 11.9 Å². The molecule has 3 nitrogen and oxygen atoms in total. The molecule has 2 rings (SSSR count).